The summed E-state index contributed by atoms with van der Waals surface area (Å²) in [7, 11) is 1.84. The molecule has 1 rings (SSSR count). The van der Waals surface area contributed by atoms with E-state index in [-0.39, 0.29) is 17.7 Å². The highest BCUT2D eigenvalue weighted by Crippen LogP contribution is 2.27. The molecule has 0 aliphatic carbocycles. The average Bonchev–Trinajstić information content (AvgIpc) is 2.29. The van der Waals surface area contributed by atoms with Crippen molar-refractivity contribution >= 4 is 17.3 Å². The van der Waals surface area contributed by atoms with E-state index in [4.69, 9.17) is 16.7 Å². The summed E-state index contributed by atoms with van der Waals surface area (Å²) >= 11 is 6.22. The number of hydrogen-bond acceptors (Lipinski definition) is 4. The molecule has 1 N–H and O–H groups in total. The number of aliphatic hydroxyl groups excluding tert-OH is 1. The molecule has 100 valence electrons. The minimum absolute atomic E-state index is 0.0636. The number of rotatable bonds is 6. The highest BCUT2D eigenvalue weighted by molar-refractivity contribution is 6.21. The summed E-state index contributed by atoms with van der Waals surface area (Å²) in [6.45, 7) is 2.82. The van der Waals surface area contributed by atoms with Crippen molar-refractivity contribution in [3.8, 4) is 0 Å². The number of aryl methyl sites for hydroxylation is 1. The molecule has 0 bridgehead atoms. The molecule has 0 aliphatic heterocycles. The first-order valence-corrected chi connectivity index (χ1v) is 6.07. The fourth-order valence-electron chi connectivity index (χ4n) is 1.66. The monoisotopic (exact) mass is 272 g/mol. The first kappa shape index (κ1) is 14.9. The van der Waals surface area contributed by atoms with Gasteiger partial charge in [-0.05, 0) is 19.5 Å². The molecule has 0 radical (unpaired) electrons. The van der Waals surface area contributed by atoms with Crippen LogP contribution in [0.3, 0.4) is 0 Å². The van der Waals surface area contributed by atoms with Gasteiger partial charge in [0, 0.05) is 24.7 Å². The molecule has 6 heteroatoms. The van der Waals surface area contributed by atoms with E-state index in [9.17, 15) is 10.1 Å². The minimum atomic E-state index is -0.403. The number of nitrogens with zero attached hydrogens (tertiary/aromatic N) is 2. The Labute approximate surface area is 111 Å². The molecule has 1 unspecified atom stereocenters. The lowest BCUT2D eigenvalue weighted by Crippen LogP contribution is -2.25. The molecule has 0 spiro atoms. The van der Waals surface area contributed by atoms with Gasteiger partial charge in [0.25, 0.3) is 5.69 Å². The minimum Gasteiger partial charge on any atom is -0.395 e. The van der Waals surface area contributed by atoms with Crippen LogP contribution in [0.4, 0.5) is 5.69 Å². The highest BCUT2D eigenvalue weighted by Gasteiger charge is 2.16. The topological polar surface area (TPSA) is 66.6 Å². The van der Waals surface area contributed by atoms with Crippen molar-refractivity contribution in [1.29, 1.82) is 0 Å². The Balaban J connectivity index is 2.83. The van der Waals surface area contributed by atoms with Crippen LogP contribution in [-0.4, -0.2) is 41.7 Å². The van der Waals surface area contributed by atoms with E-state index >= 15 is 0 Å². The Hall–Kier alpha value is -1.17. The normalized spacial score (nSPS) is 12.7. The van der Waals surface area contributed by atoms with Gasteiger partial charge in [0.2, 0.25) is 0 Å². The largest absolute Gasteiger partial charge is 0.395 e. The molecule has 0 amide bonds. The van der Waals surface area contributed by atoms with Gasteiger partial charge < -0.3 is 10.0 Å². The Morgan fingerprint density at radius 1 is 1.56 bits per heavy atom. The van der Waals surface area contributed by atoms with Crippen LogP contribution in [0.1, 0.15) is 16.5 Å². The maximum Gasteiger partial charge on any atom is 0.272 e. The summed E-state index contributed by atoms with van der Waals surface area (Å²) in [5.41, 5.74) is 1.43. The van der Waals surface area contributed by atoms with Crippen LogP contribution in [0, 0.1) is 17.0 Å². The van der Waals surface area contributed by atoms with Crippen LogP contribution in [-0.2, 0) is 0 Å². The van der Waals surface area contributed by atoms with E-state index in [2.05, 4.69) is 0 Å². The first-order valence-electron chi connectivity index (χ1n) is 5.64. The lowest BCUT2D eigenvalue weighted by Gasteiger charge is -2.19. The zero-order valence-corrected chi connectivity index (χ0v) is 11.2. The molecule has 0 aromatic heterocycles. The SMILES string of the molecule is Cc1ccc(C(Cl)CN(C)CCO)cc1[N+](=O)[O-]. The van der Waals surface area contributed by atoms with E-state index < -0.39 is 4.92 Å². The fraction of sp³-hybridized carbons (Fsp3) is 0.500. The number of alkyl halides is 1. The molecule has 18 heavy (non-hydrogen) atoms. The third kappa shape index (κ3) is 3.94. The van der Waals surface area contributed by atoms with Gasteiger partial charge in [0.05, 0.1) is 16.9 Å². The van der Waals surface area contributed by atoms with Gasteiger partial charge in [-0.15, -0.1) is 11.6 Å². The van der Waals surface area contributed by atoms with Crippen LogP contribution in [0.5, 0.6) is 0 Å². The molecule has 0 aliphatic rings. The van der Waals surface area contributed by atoms with Crippen molar-refractivity contribution in [1.82, 2.24) is 4.90 Å². The number of nitro groups is 1. The summed E-state index contributed by atoms with van der Waals surface area (Å²) in [6.07, 6.45) is 0. The molecule has 0 saturated heterocycles. The molecule has 1 aromatic rings. The van der Waals surface area contributed by atoms with Crippen molar-refractivity contribution < 1.29 is 10.0 Å². The summed E-state index contributed by atoms with van der Waals surface area (Å²) in [6, 6.07) is 5.02. The summed E-state index contributed by atoms with van der Waals surface area (Å²) in [5, 5.41) is 19.3. The fourth-order valence-corrected chi connectivity index (χ4v) is 2.03. The first-order chi connectivity index (χ1) is 8.45. The van der Waals surface area contributed by atoms with Crippen LogP contribution < -0.4 is 0 Å². The zero-order valence-electron chi connectivity index (χ0n) is 10.5. The Morgan fingerprint density at radius 3 is 2.78 bits per heavy atom. The summed E-state index contributed by atoms with van der Waals surface area (Å²) in [4.78, 5) is 12.3. The lowest BCUT2D eigenvalue weighted by atomic mass is 10.1. The van der Waals surface area contributed by atoms with Crippen LogP contribution >= 0.6 is 11.6 Å². The Kier molecular flexibility index (Phi) is 5.53. The van der Waals surface area contributed by atoms with Gasteiger partial charge >= 0.3 is 0 Å². The predicted molar refractivity (Wildman–Crippen MR) is 71.0 cm³/mol. The van der Waals surface area contributed by atoms with Crippen molar-refractivity contribution in [2.45, 2.75) is 12.3 Å². The van der Waals surface area contributed by atoms with Gasteiger partial charge in [-0.1, -0.05) is 12.1 Å². The lowest BCUT2D eigenvalue weighted by molar-refractivity contribution is -0.385. The molecule has 1 atom stereocenters. The van der Waals surface area contributed by atoms with E-state index in [0.29, 0.717) is 18.7 Å². The molecule has 5 nitrogen and oxygen atoms in total. The third-order valence-corrected chi connectivity index (χ3v) is 3.14. The second-order valence-corrected chi connectivity index (χ2v) is 4.78. The van der Waals surface area contributed by atoms with Crippen molar-refractivity contribution in [3.05, 3.63) is 39.4 Å². The Bertz CT molecular complexity index is 426. The molecular formula is C12H17ClN2O3. The number of benzene rings is 1. The van der Waals surface area contributed by atoms with Gasteiger partial charge in [-0.3, -0.25) is 10.1 Å². The van der Waals surface area contributed by atoms with Gasteiger partial charge in [0.15, 0.2) is 0 Å². The number of halogens is 1. The standard InChI is InChI=1S/C12H17ClN2O3/c1-9-3-4-10(7-12(9)15(17)18)11(13)8-14(2)5-6-16/h3-4,7,11,16H,5-6,8H2,1-2H3. The maximum absolute atomic E-state index is 10.8. The number of likely N-dealkylation sites (N-methyl/N-ethyl adjacent to an activating group) is 1. The van der Waals surface area contributed by atoms with Crippen molar-refractivity contribution in [2.24, 2.45) is 0 Å². The summed E-state index contributed by atoms with van der Waals surface area (Å²) in [5.74, 6) is 0. The quantitative estimate of drug-likeness (QED) is 0.489. The molecular weight excluding hydrogens is 256 g/mol. The van der Waals surface area contributed by atoms with E-state index in [0.717, 1.165) is 5.56 Å². The van der Waals surface area contributed by atoms with Crippen molar-refractivity contribution in [3.63, 3.8) is 0 Å². The average molecular weight is 273 g/mol. The third-order valence-electron chi connectivity index (χ3n) is 2.75. The number of nitro benzene ring substituents is 1. The van der Waals surface area contributed by atoms with Gasteiger partial charge in [-0.2, -0.15) is 0 Å². The van der Waals surface area contributed by atoms with Crippen LogP contribution in [0.15, 0.2) is 18.2 Å². The van der Waals surface area contributed by atoms with Gasteiger partial charge in [0.1, 0.15) is 0 Å². The molecule has 1 aromatic carbocycles. The van der Waals surface area contributed by atoms with Gasteiger partial charge in [-0.25, -0.2) is 0 Å². The summed E-state index contributed by atoms with van der Waals surface area (Å²) < 4.78 is 0. The van der Waals surface area contributed by atoms with Crippen LogP contribution in [0.2, 0.25) is 0 Å². The van der Waals surface area contributed by atoms with Crippen molar-refractivity contribution in [2.75, 3.05) is 26.7 Å². The second-order valence-electron chi connectivity index (χ2n) is 4.26. The maximum atomic E-state index is 10.8. The van der Waals surface area contributed by atoms with E-state index in [1.807, 2.05) is 11.9 Å². The zero-order chi connectivity index (χ0) is 13.7. The predicted octanol–water partition coefficient (Wildman–Crippen LogP) is 2.11. The highest BCUT2D eigenvalue weighted by atomic mass is 35.5. The number of aliphatic hydroxyl groups is 1. The number of hydrogen-bond donors (Lipinski definition) is 1. The molecule has 0 saturated carbocycles. The van der Waals surface area contributed by atoms with E-state index in [1.165, 1.54) is 6.07 Å². The Morgan fingerprint density at radius 2 is 2.22 bits per heavy atom. The van der Waals surface area contributed by atoms with Crippen LogP contribution in [0.25, 0.3) is 0 Å². The molecule has 0 fully saturated rings. The molecule has 0 heterocycles. The smallest absolute Gasteiger partial charge is 0.272 e. The second kappa shape index (κ2) is 6.68. The van der Waals surface area contributed by atoms with E-state index in [1.54, 1.807) is 19.1 Å².